The number of hydrogen-bond donors (Lipinski definition) is 2. The highest BCUT2D eigenvalue weighted by Crippen LogP contribution is 2.30. The van der Waals surface area contributed by atoms with Crippen molar-refractivity contribution < 1.29 is 14.0 Å². The zero-order valence-electron chi connectivity index (χ0n) is 15.9. The lowest BCUT2D eigenvalue weighted by Crippen LogP contribution is -2.49. The first kappa shape index (κ1) is 21.3. The fourth-order valence-corrected chi connectivity index (χ4v) is 3.65. The Labute approximate surface area is 165 Å². The first-order chi connectivity index (χ1) is 12.5. The standard InChI is InChI=1S/C20H27N3O3.ClH/c1-13-6-5-8-16-14(2)19(26-18(13)16)20(25)23-11-4-3-7-15(23)12-22-17(24)9-10-21;/h5-6,8,15H,3-4,7,9-12,21H2,1-2H3,(H,22,24);1H. The van der Waals surface area contributed by atoms with E-state index in [-0.39, 0.29) is 30.3 Å². The molecule has 3 N–H and O–H groups in total. The van der Waals surface area contributed by atoms with E-state index in [1.807, 2.05) is 36.9 Å². The third-order valence-corrected chi connectivity index (χ3v) is 5.15. The molecule has 1 aromatic heterocycles. The average Bonchev–Trinajstić information content (AvgIpc) is 2.98. The van der Waals surface area contributed by atoms with Gasteiger partial charge in [0.15, 0.2) is 5.76 Å². The van der Waals surface area contributed by atoms with Gasteiger partial charge in [0.25, 0.3) is 5.91 Å². The number of aryl methyl sites for hydroxylation is 2. The summed E-state index contributed by atoms with van der Waals surface area (Å²) in [5, 5.41) is 3.88. The van der Waals surface area contributed by atoms with E-state index in [4.69, 9.17) is 10.2 Å². The topological polar surface area (TPSA) is 88.6 Å². The summed E-state index contributed by atoms with van der Waals surface area (Å²) < 4.78 is 5.96. The van der Waals surface area contributed by atoms with Crippen LogP contribution in [0.25, 0.3) is 11.0 Å². The number of para-hydroxylation sites is 1. The zero-order valence-corrected chi connectivity index (χ0v) is 16.7. The van der Waals surface area contributed by atoms with E-state index in [0.717, 1.165) is 41.4 Å². The number of hydrogen-bond acceptors (Lipinski definition) is 4. The van der Waals surface area contributed by atoms with Crippen LogP contribution in [-0.4, -0.2) is 42.4 Å². The van der Waals surface area contributed by atoms with Crippen molar-refractivity contribution in [2.24, 2.45) is 5.73 Å². The van der Waals surface area contributed by atoms with Crippen molar-refractivity contribution in [3.63, 3.8) is 0 Å². The number of fused-ring (bicyclic) bond motifs is 1. The third kappa shape index (κ3) is 4.45. The van der Waals surface area contributed by atoms with Crippen LogP contribution >= 0.6 is 12.4 Å². The van der Waals surface area contributed by atoms with Crippen molar-refractivity contribution in [3.8, 4) is 0 Å². The van der Waals surface area contributed by atoms with Crippen molar-refractivity contribution in [2.75, 3.05) is 19.6 Å². The summed E-state index contributed by atoms with van der Waals surface area (Å²) in [7, 11) is 0. The summed E-state index contributed by atoms with van der Waals surface area (Å²) in [4.78, 5) is 26.8. The van der Waals surface area contributed by atoms with E-state index < -0.39 is 0 Å². The average molecular weight is 394 g/mol. The number of carbonyl (C=O) groups excluding carboxylic acids is 2. The molecule has 1 aliphatic rings. The minimum atomic E-state index is -0.0872. The summed E-state index contributed by atoms with van der Waals surface area (Å²) in [5.41, 5.74) is 8.10. The Hall–Kier alpha value is -2.05. The van der Waals surface area contributed by atoms with Gasteiger partial charge < -0.3 is 20.4 Å². The maximum Gasteiger partial charge on any atom is 0.290 e. The number of nitrogens with two attached hydrogens (primary N) is 1. The largest absolute Gasteiger partial charge is 0.450 e. The lowest BCUT2D eigenvalue weighted by molar-refractivity contribution is -0.121. The zero-order chi connectivity index (χ0) is 18.7. The molecule has 2 amide bonds. The van der Waals surface area contributed by atoms with Crippen molar-refractivity contribution in [1.82, 2.24) is 10.2 Å². The molecule has 0 bridgehead atoms. The van der Waals surface area contributed by atoms with E-state index in [2.05, 4.69) is 5.32 Å². The molecule has 1 atom stereocenters. The van der Waals surface area contributed by atoms with Crippen LogP contribution in [-0.2, 0) is 4.79 Å². The highest BCUT2D eigenvalue weighted by Gasteiger charge is 2.31. The Kier molecular flexibility index (Phi) is 7.27. The highest BCUT2D eigenvalue weighted by atomic mass is 35.5. The molecule has 148 valence electrons. The smallest absolute Gasteiger partial charge is 0.290 e. The molecule has 0 aliphatic carbocycles. The molecule has 2 aromatic rings. The van der Waals surface area contributed by atoms with Gasteiger partial charge in [0, 0.05) is 43.0 Å². The Balaban J connectivity index is 0.00000261. The van der Waals surface area contributed by atoms with E-state index >= 15 is 0 Å². The monoisotopic (exact) mass is 393 g/mol. The van der Waals surface area contributed by atoms with E-state index in [1.54, 1.807) is 0 Å². The molecular weight excluding hydrogens is 366 g/mol. The van der Waals surface area contributed by atoms with Crippen LogP contribution in [0.1, 0.15) is 47.4 Å². The fraction of sp³-hybridized carbons (Fsp3) is 0.500. The van der Waals surface area contributed by atoms with Gasteiger partial charge in [-0.3, -0.25) is 9.59 Å². The fourth-order valence-electron chi connectivity index (χ4n) is 3.65. The number of furan rings is 1. The van der Waals surface area contributed by atoms with Gasteiger partial charge in [-0.2, -0.15) is 0 Å². The van der Waals surface area contributed by atoms with Crippen LogP contribution < -0.4 is 11.1 Å². The van der Waals surface area contributed by atoms with E-state index in [0.29, 0.717) is 31.8 Å². The second-order valence-electron chi connectivity index (χ2n) is 7.00. The predicted molar refractivity (Wildman–Crippen MR) is 108 cm³/mol. The molecule has 1 aliphatic heterocycles. The molecule has 2 heterocycles. The molecule has 6 nitrogen and oxygen atoms in total. The summed E-state index contributed by atoms with van der Waals surface area (Å²) in [6, 6.07) is 5.94. The molecule has 0 spiro atoms. The summed E-state index contributed by atoms with van der Waals surface area (Å²) >= 11 is 0. The second kappa shape index (κ2) is 9.24. The quantitative estimate of drug-likeness (QED) is 0.817. The number of nitrogens with one attached hydrogen (secondary N) is 1. The SMILES string of the molecule is Cc1c(C(=O)N2CCCCC2CNC(=O)CCN)oc2c(C)cccc12.Cl. The Morgan fingerprint density at radius 2 is 2.07 bits per heavy atom. The maximum atomic E-state index is 13.2. The minimum absolute atomic E-state index is 0. The number of likely N-dealkylation sites (tertiary alicyclic amines) is 1. The number of carbonyl (C=O) groups is 2. The first-order valence-electron chi connectivity index (χ1n) is 9.29. The van der Waals surface area contributed by atoms with Crippen LogP contribution in [0.15, 0.2) is 22.6 Å². The number of amides is 2. The summed E-state index contributed by atoms with van der Waals surface area (Å²) in [5.74, 6) is 0.256. The molecule has 0 saturated carbocycles. The van der Waals surface area contributed by atoms with E-state index in [9.17, 15) is 9.59 Å². The van der Waals surface area contributed by atoms with Crippen molar-refractivity contribution in [2.45, 2.75) is 45.6 Å². The summed E-state index contributed by atoms with van der Waals surface area (Å²) in [6.45, 7) is 5.39. The lowest BCUT2D eigenvalue weighted by atomic mass is 10.0. The van der Waals surface area contributed by atoms with Gasteiger partial charge in [0.05, 0.1) is 0 Å². The van der Waals surface area contributed by atoms with Gasteiger partial charge >= 0.3 is 0 Å². The minimum Gasteiger partial charge on any atom is -0.450 e. The van der Waals surface area contributed by atoms with Crippen LogP contribution in [0.4, 0.5) is 0 Å². The Morgan fingerprint density at radius 1 is 1.30 bits per heavy atom. The van der Waals surface area contributed by atoms with Gasteiger partial charge in [0.1, 0.15) is 5.58 Å². The normalized spacial score (nSPS) is 16.9. The highest BCUT2D eigenvalue weighted by molar-refractivity contribution is 5.99. The summed E-state index contributed by atoms with van der Waals surface area (Å²) in [6.07, 6.45) is 3.21. The van der Waals surface area contributed by atoms with Crippen molar-refractivity contribution in [1.29, 1.82) is 0 Å². The van der Waals surface area contributed by atoms with Crippen molar-refractivity contribution in [3.05, 3.63) is 35.1 Å². The second-order valence-corrected chi connectivity index (χ2v) is 7.00. The number of halogens is 1. The van der Waals surface area contributed by atoms with Gasteiger partial charge in [-0.15, -0.1) is 12.4 Å². The lowest BCUT2D eigenvalue weighted by Gasteiger charge is -2.35. The molecule has 0 radical (unpaired) electrons. The van der Waals surface area contributed by atoms with Crippen molar-refractivity contribution >= 4 is 35.2 Å². The van der Waals surface area contributed by atoms with Gasteiger partial charge in [-0.05, 0) is 38.7 Å². The van der Waals surface area contributed by atoms with E-state index in [1.165, 1.54) is 0 Å². The molecule has 27 heavy (non-hydrogen) atoms. The maximum absolute atomic E-state index is 13.2. The molecule has 3 rings (SSSR count). The first-order valence-corrected chi connectivity index (χ1v) is 9.29. The van der Waals surface area contributed by atoms with Gasteiger partial charge in [-0.25, -0.2) is 0 Å². The van der Waals surface area contributed by atoms with Crippen LogP contribution in [0.3, 0.4) is 0 Å². The number of rotatable bonds is 5. The number of nitrogens with zero attached hydrogens (tertiary/aromatic N) is 1. The molecule has 7 heteroatoms. The van der Waals surface area contributed by atoms with Gasteiger partial charge in [0.2, 0.25) is 5.91 Å². The van der Waals surface area contributed by atoms with Crippen LogP contribution in [0.5, 0.6) is 0 Å². The molecule has 1 unspecified atom stereocenters. The van der Waals surface area contributed by atoms with Crippen LogP contribution in [0.2, 0.25) is 0 Å². The molecular formula is C20H28ClN3O3. The molecule has 1 aromatic carbocycles. The van der Waals surface area contributed by atoms with Gasteiger partial charge in [-0.1, -0.05) is 18.2 Å². The van der Waals surface area contributed by atoms with Crippen LogP contribution in [0, 0.1) is 13.8 Å². The Bertz CT molecular complexity index is 818. The molecule has 1 saturated heterocycles. The molecule has 1 fully saturated rings. The third-order valence-electron chi connectivity index (χ3n) is 5.15. The number of piperidine rings is 1. The predicted octanol–water partition coefficient (Wildman–Crippen LogP) is 2.93. The number of benzene rings is 1. The Morgan fingerprint density at radius 3 is 2.78 bits per heavy atom.